The van der Waals surface area contributed by atoms with Gasteiger partial charge in [-0.2, -0.15) is 0 Å². The Kier molecular flexibility index (Phi) is 12.3. The number of unbranched alkanes of at least 4 members (excludes halogenated alkanes) is 1. The first-order chi connectivity index (χ1) is 14.8. The van der Waals surface area contributed by atoms with Crippen LogP contribution in [0.1, 0.15) is 38.2 Å². The third-order valence-corrected chi connectivity index (χ3v) is 5.35. The molecule has 1 aliphatic rings. The SMILES string of the molecule is CCNC(=NCCCCNc1ccccn1)NC1CCN(Cc2ccccc2)CC1.I. The summed E-state index contributed by atoms with van der Waals surface area (Å²) in [5.41, 5.74) is 1.40. The van der Waals surface area contributed by atoms with Gasteiger partial charge in [0.25, 0.3) is 0 Å². The first-order valence-electron chi connectivity index (χ1n) is 11.3. The van der Waals surface area contributed by atoms with Crippen LogP contribution < -0.4 is 16.0 Å². The number of nitrogens with zero attached hydrogens (tertiary/aromatic N) is 3. The smallest absolute Gasteiger partial charge is 0.191 e. The average molecular weight is 537 g/mol. The second-order valence-electron chi connectivity index (χ2n) is 7.79. The standard InChI is InChI=1S/C24H36N6.HI/c1-2-25-24(28-17-9-8-16-27-23-12-6-7-15-26-23)29-22-13-18-30(19-14-22)20-21-10-4-3-5-11-21;/h3-7,10-12,15,22H,2,8-9,13-14,16-20H2,1H3,(H,26,27)(H2,25,28,29);1H. The van der Waals surface area contributed by atoms with Crippen LogP contribution in [0.2, 0.25) is 0 Å². The molecule has 1 fully saturated rings. The van der Waals surface area contributed by atoms with Gasteiger partial charge in [0.2, 0.25) is 0 Å². The lowest BCUT2D eigenvalue weighted by atomic mass is 10.0. The summed E-state index contributed by atoms with van der Waals surface area (Å²) in [4.78, 5) is 11.6. The third-order valence-electron chi connectivity index (χ3n) is 5.35. The van der Waals surface area contributed by atoms with E-state index in [4.69, 9.17) is 4.99 Å². The molecule has 1 aromatic heterocycles. The van der Waals surface area contributed by atoms with E-state index < -0.39 is 0 Å². The molecule has 7 heteroatoms. The number of anilines is 1. The van der Waals surface area contributed by atoms with Crippen LogP contribution in [0.5, 0.6) is 0 Å². The van der Waals surface area contributed by atoms with Crippen molar-refractivity contribution in [3.63, 3.8) is 0 Å². The minimum absolute atomic E-state index is 0. The fourth-order valence-electron chi connectivity index (χ4n) is 3.70. The van der Waals surface area contributed by atoms with Gasteiger partial charge in [0.15, 0.2) is 5.96 Å². The summed E-state index contributed by atoms with van der Waals surface area (Å²) in [7, 11) is 0. The van der Waals surface area contributed by atoms with Gasteiger partial charge in [0, 0.05) is 51.5 Å². The van der Waals surface area contributed by atoms with Gasteiger partial charge in [0.05, 0.1) is 0 Å². The van der Waals surface area contributed by atoms with Gasteiger partial charge in [-0.15, -0.1) is 24.0 Å². The molecule has 0 atom stereocenters. The number of benzene rings is 1. The van der Waals surface area contributed by atoms with Crippen LogP contribution in [0, 0.1) is 0 Å². The molecule has 0 spiro atoms. The summed E-state index contributed by atoms with van der Waals surface area (Å²) in [5, 5.41) is 10.4. The molecule has 0 amide bonds. The highest BCUT2D eigenvalue weighted by atomic mass is 127. The molecule has 0 radical (unpaired) electrons. The highest BCUT2D eigenvalue weighted by molar-refractivity contribution is 14.0. The zero-order valence-electron chi connectivity index (χ0n) is 18.6. The van der Waals surface area contributed by atoms with Gasteiger partial charge >= 0.3 is 0 Å². The second kappa shape index (κ2) is 15.0. The Morgan fingerprint density at radius 2 is 1.84 bits per heavy atom. The van der Waals surface area contributed by atoms with Crippen molar-refractivity contribution in [3.05, 3.63) is 60.3 Å². The summed E-state index contributed by atoms with van der Waals surface area (Å²) < 4.78 is 0. The molecule has 0 aliphatic carbocycles. The van der Waals surface area contributed by atoms with Crippen molar-refractivity contribution < 1.29 is 0 Å². The van der Waals surface area contributed by atoms with E-state index in [0.29, 0.717) is 6.04 Å². The molecule has 0 bridgehead atoms. The molecule has 2 heterocycles. The first kappa shape index (κ1) is 25.4. The van der Waals surface area contributed by atoms with Crippen molar-refractivity contribution in [2.45, 2.75) is 45.2 Å². The van der Waals surface area contributed by atoms with Crippen LogP contribution in [0.4, 0.5) is 5.82 Å². The number of pyridine rings is 1. The minimum atomic E-state index is 0. The maximum absolute atomic E-state index is 4.78. The molecule has 31 heavy (non-hydrogen) atoms. The van der Waals surface area contributed by atoms with Crippen LogP contribution in [-0.4, -0.2) is 54.6 Å². The zero-order chi connectivity index (χ0) is 20.9. The molecule has 1 aromatic carbocycles. The predicted molar refractivity (Wildman–Crippen MR) is 141 cm³/mol. The fourth-order valence-corrected chi connectivity index (χ4v) is 3.70. The Hall–Kier alpha value is -1.87. The Morgan fingerprint density at radius 1 is 1.06 bits per heavy atom. The molecule has 170 valence electrons. The van der Waals surface area contributed by atoms with Crippen LogP contribution in [-0.2, 0) is 6.54 Å². The number of likely N-dealkylation sites (tertiary alicyclic amines) is 1. The van der Waals surface area contributed by atoms with E-state index in [2.05, 4.69) is 63.1 Å². The maximum atomic E-state index is 4.78. The van der Waals surface area contributed by atoms with Crippen LogP contribution in [0.25, 0.3) is 0 Å². The van der Waals surface area contributed by atoms with E-state index >= 15 is 0 Å². The largest absolute Gasteiger partial charge is 0.370 e. The molecular formula is C24H37IN6. The van der Waals surface area contributed by atoms with Crippen molar-refractivity contribution in [2.75, 3.05) is 38.0 Å². The van der Waals surface area contributed by atoms with Gasteiger partial charge in [-0.25, -0.2) is 4.98 Å². The minimum Gasteiger partial charge on any atom is -0.370 e. The fraction of sp³-hybridized carbons (Fsp3) is 0.500. The number of rotatable bonds is 10. The Balaban J connectivity index is 0.00000341. The molecule has 0 unspecified atom stereocenters. The Bertz CT molecular complexity index is 732. The zero-order valence-corrected chi connectivity index (χ0v) is 20.9. The van der Waals surface area contributed by atoms with E-state index in [1.54, 1.807) is 0 Å². The number of hydrogen-bond donors (Lipinski definition) is 3. The van der Waals surface area contributed by atoms with Crippen LogP contribution in [0.3, 0.4) is 0 Å². The van der Waals surface area contributed by atoms with E-state index in [0.717, 1.165) is 76.7 Å². The van der Waals surface area contributed by atoms with E-state index in [1.165, 1.54) is 5.56 Å². The number of piperidine rings is 1. The number of guanidine groups is 1. The lowest BCUT2D eigenvalue weighted by Gasteiger charge is -2.33. The number of halogens is 1. The Labute approximate surface area is 204 Å². The molecule has 2 aromatic rings. The van der Waals surface area contributed by atoms with Crippen molar-refractivity contribution in [3.8, 4) is 0 Å². The number of aliphatic imine (C=N–C) groups is 1. The van der Waals surface area contributed by atoms with E-state index in [1.807, 2.05) is 24.4 Å². The topological polar surface area (TPSA) is 64.6 Å². The third kappa shape index (κ3) is 9.86. The molecule has 1 aliphatic heterocycles. The Morgan fingerprint density at radius 3 is 2.55 bits per heavy atom. The molecule has 0 saturated carbocycles. The van der Waals surface area contributed by atoms with Gasteiger partial charge < -0.3 is 16.0 Å². The predicted octanol–water partition coefficient (Wildman–Crippen LogP) is 4.11. The summed E-state index contributed by atoms with van der Waals surface area (Å²) in [6.45, 7) is 8.09. The van der Waals surface area contributed by atoms with Gasteiger partial charge in [-0.3, -0.25) is 9.89 Å². The first-order valence-corrected chi connectivity index (χ1v) is 11.3. The van der Waals surface area contributed by atoms with Crippen LogP contribution in [0.15, 0.2) is 59.7 Å². The summed E-state index contributed by atoms with van der Waals surface area (Å²) >= 11 is 0. The van der Waals surface area contributed by atoms with E-state index in [9.17, 15) is 0 Å². The quantitative estimate of drug-likeness (QED) is 0.185. The summed E-state index contributed by atoms with van der Waals surface area (Å²) in [6, 6.07) is 17.2. The average Bonchev–Trinajstić information content (AvgIpc) is 2.79. The molecule has 6 nitrogen and oxygen atoms in total. The van der Waals surface area contributed by atoms with Crippen molar-refractivity contribution in [2.24, 2.45) is 4.99 Å². The maximum Gasteiger partial charge on any atom is 0.191 e. The monoisotopic (exact) mass is 536 g/mol. The van der Waals surface area contributed by atoms with Crippen molar-refractivity contribution in [1.82, 2.24) is 20.5 Å². The molecule has 3 N–H and O–H groups in total. The second-order valence-corrected chi connectivity index (χ2v) is 7.79. The summed E-state index contributed by atoms with van der Waals surface area (Å²) in [5.74, 6) is 1.89. The van der Waals surface area contributed by atoms with Gasteiger partial charge in [0.1, 0.15) is 5.82 Å². The number of aromatic nitrogens is 1. The van der Waals surface area contributed by atoms with Gasteiger partial charge in [-0.1, -0.05) is 36.4 Å². The molecular weight excluding hydrogens is 499 g/mol. The normalized spacial score (nSPS) is 15.2. The molecule has 1 saturated heterocycles. The lowest BCUT2D eigenvalue weighted by molar-refractivity contribution is 0.198. The van der Waals surface area contributed by atoms with Gasteiger partial charge in [-0.05, 0) is 50.3 Å². The summed E-state index contributed by atoms with van der Waals surface area (Å²) in [6.07, 6.45) is 6.27. The van der Waals surface area contributed by atoms with E-state index in [-0.39, 0.29) is 24.0 Å². The van der Waals surface area contributed by atoms with Crippen molar-refractivity contribution in [1.29, 1.82) is 0 Å². The number of hydrogen-bond acceptors (Lipinski definition) is 4. The lowest BCUT2D eigenvalue weighted by Crippen LogP contribution is -2.48. The van der Waals surface area contributed by atoms with Crippen LogP contribution >= 0.6 is 24.0 Å². The number of nitrogens with one attached hydrogen (secondary N) is 3. The highest BCUT2D eigenvalue weighted by Gasteiger charge is 2.19. The van der Waals surface area contributed by atoms with Crippen molar-refractivity contribution >= 4 is 35.8 Å². The highest BCUT2D eigenvalue weighted by Crippen LogP contribution is 2.13. The molecule has 3 rings (SSSR count).